The van der Waals surface area contributed by atoms with E-state index in [4.69, 9.17) is 11.6 Å². The first kappa shape index (κ1) is 10.1. The second kappa shape index (κ2) is 4.87. The maximum Gasteiger partial charge on any atom is 0.0886 e. The number of alkyl halides is 2. The number of hydrogen-bond acceptors (Lipinski definition) is 1. The molecule has 12 heavy (non-hydrogen) atoms. The second-order valence-electron chi connectivity index (χ2n) is 2.73. The lowest BCUT2D eigenvalue weighted by Gasteiger charge is -2.04. The minimum absolute atomic E-state index is 0.0911. The highest BCUT2D eigenvalue weighted by Gasteiger charge is 1.99. The van der Waals surface area contributed by atoms with Crippen molar-refractivity contribution >= 4 is 27.5 Å². The van der Waals surface area contributed by atoms with Crippen molar-refractivity contribution in [1.82, 2.24) is 9.78 Å². The van der Waals surface area contributed by atoms with Crippen LogP contribution in [0.25, 0.3) is 0 Å². The molecule has 68 valence electrons. The van der Waals surface area contributed by atoms with Crippen LogP contribution in [0, 0.1) is 6.92 Å². The Morgan fingerprint density at radius 2 is 2.50 bits per heavy atom. The molecular formula is C8H12BrClN2. The molecule has 0 spiro atoms. The summed E-state index contributed by atoms with van der Waals surface area (Å²) in [6.45, 7) is 3.01. The number of hydrogen-bond donors (Lipinski definition) is 0. The SMILES string of the molecule is Cc1ccnn1CCCC(Cl)Br. The third-order valence-corrected chi connectivity index (χ3v) is 2.40. The molecule has 1 atom stereocenters. The summed E-state index contributed by atoms with van der Waals surface area (Å²) in [5.74, 6) is 0. The van der Waals surface area contributed by atoms with Gasteiger partial charge in [0.25, 0.3) is 0 Å². The molecule has 1 aromatic rings. The highest BCUT2D eigenvalue weighted by molar-refractivity contribution is 9.10. The Hall–Kier alpha value is -0.0200. The molecule has 0 saturated heterocycles. The summed E-state index contributed by atoms with van der Waals surface area (Å²) in [6.07, 6.45) is 3.85. The van der Waals surface area contributed by atoms with Crippen LogP contribution < -0.4 is 0 Å². The highest BCUT2D eigenvalue weighted by atomic mass is 79.9. The summed E-state index contributed by atoms with van der Waals surface area (Å²) in [5, 5.41) is 4.17. The van der Waals surface area contributed by atoms with E-state index < -0.39 is 0 Å². The summed E-state index contributed by atoms with van der Waals surface area (Å²) < 4.78 is 2.08. The fourth-order valence-corrected chi connectivity index (χ4v) is 1.51. The smallest absolute Gasteiger partial charge is 0.0886 e. The van der Waals surface area contributed by atoms with Crippen LogP contribution >= 0.6 is 27.5 Å². The van der Waals surface area contributed by atoms with Gasteiger partial charge in [0.2, 0.25) is 0 Å². The molecule has 0 fully saturated rings. The fourth-order valence-electron chi connectivity index (χ4n) is 1.03. The van der Waals surface area contributed by atoms with Crippen LogP contribution in [0.3, 0.4) is 0 Å². The van der Waals surface area contributed by atoms with E-state index in [1.54, 1.807) is 0 Å². The van der Waals surface area contributed by atoms with Gasteiger partial charge in [-0.05, 0) is 25.8 Å². The average molecular weight is 252 g/mol. The van der Waals surface area contributed by atoms with Gasteiger partial charge in [-0.2, -0.15) is 5.10 Å². The molecule has 0 amide bonds. The Kier molecular flexibility index (Phi) is 4.09. The first-order chi connectivity index (χ1) is 5.70. The number of aromatic nitrogens is 2. The van der Waals surface area contributed by atoms with Gasteiger partial charge >= 0.3 is 0 Å². The molecule has 0 aliphatic heterocycles. The van der Waals surface area contributed by atoms with Gasteiger partial charge in [0, 0.05) is 18.4 Å². The number of rotatable bonds is 4. The molecule has 0 bridgehead atoms. The summed E-state index contributed by atoms with van der Waals surface area (Å²) in [4.78, 5) is 0. The molecule has 1 unspecified atom stereocenters. The standard InChI is InChI=1S/C8H12BrClN2/c1-7-4-5-11-12(7)6-2-3-8(9)10/h4-5,8H,2-3,6H2,1H3. The van der Waals surface area contributed by atoms with Crippen molar-refractivity contribution in [2.75, 3.05) is 0 Å². The topological polar surface area (TPSA) is 17.8 Å². The van der Waals surface area contributed by atoms with Crippen LogP contribution in [0.4, 0.5) is 0 Å². The summed E-state index contributed by atoms with van der Waals surface area (Å²) in [6, 6.07) is 2.01. The van der Waals surface area contributed by atoms with E-state index in [-0.39, 0.29) is 4.29 Å². The normalized spacial score (nSPS) is 13.2. The summed E-state index contributed by atoms with van der Waals surface area (Å²) >= 11 is 9.04. The maximum absolute atomic E-state index is 5.74. The quantitative estimate of drug-likeness (QED) is 0.753. The maximum atomic E-state index is 5.74. The van der Waals surface area contributed by atoms with E-state index in [2.05, 4.69) is 28.0 Å². The minimum Gasteiger partial charge on any atom is -0.270 e. The van der Waals surface area contributed by atoms with Crippen molar-refractivity contribution < 1.29 is 0 Å². The lowest BCUT2D eigenvalue weighted by molar-refractivity contribution is 0.557. The zero-order chi connectivity index (χ0) is 8.97. The van der Waals surface area contributed by atoms with E-state index >= 15 is 0 Å². The van der Waals surface area contributed by atoms with E-state index in [9.17, 15) is 0 Å². The van der Waals surface area contributed by atoms with Crippen LogP contribution in [0.5, 0.6) is 0 Å². The largest absolute Gasteiger partial charge is 0.270 e. The predicted octanol–water partition coefficient (Wildman–Crippen LogP) is 2.93. The van der Waals surface area contributed by atoms with Crippen LogP contribution in [0.15, 0.2) is 12.3 Å². The lowest BCUT2D eigenvalue weighted by Crippen LogP contribution is -2.03. The van der Waals surface area contributed by atoms with E-state index in [1.165, 1.54) is 5.69 Å². The van der Waals surface area contributed by atoms with Crippen LogP contribution in [-0.2, 0) is 6.54 Å². The van der Waals surface area contributed by atoms with Crippen molar-refractivity contribution in [2.24, 2.45) is 0 Å². The highest BCUT2D eigenvalue weighted by Crippen LogP contribution is 2.12. The first-order valence-electron chi connectivity index (χ1n) is 3.96. The Bertz CT molecular complexity index is 235. The first-order valence-corrected chi connectivity index (χ1v) is 5.32. The monoisotopic (exact) mass is 250 g/mol. The van der Waals surface area contributed by atoms with E-state index in [1.807, 2.05) is 16.9 Å². The molecule has 1 heterocycles. The summed E-state index contributed by atoms with van der Waals surface area (Å²) in [7, 11) is 0. The molecule has 4 heteroatoms. The van der Waals surface area contributed by atoms with Crippen molar-refractivity contribution in [3.05, 3.63) is 18.0 Å². The number of aryl methyl sites for hydroxylation is 2. The molecule has 0 saturated carbocycles. The third kappa shape index (κ3) is 3.15. The molecule has 0 aromatic carbocycles. The molecule has 0 aliphatic carbocycles. The van der Waals surface area contributed by atoms with Crippen molar-refractivity contribution in [3.8, 4) is 0 Å². The van der Waals surface area contributed by atoms with Gasteiger partial charge in [0.15, 0.2) is 0 Å². The van der Waals surface area contributed by atoms with Crippen LogP contribution in [-0.4, -0.2) is 14.1 Å². The molecule has 2 nitrogen and oxygen atoms in total. The molecule has 0 radical (unpaired) electrons. The molecule has 1 aromatic heterocycles. The van der Waals surface area contributed by atoms with Gasteiger partial charge in [0.05, 0.1) is 4.29 Å². The van der Waals surface area contributed by atoms with Gasteiger partial charge in [-0.25, -0.2) is 0 Å². The Labute approximate surface area is 86.0 Å². The van der Waals surface area contributed by atoms with Gasteiger partial charge in [0.1, 0.15) is 0 Å². The van der Waals surface area contributed by atoms with Gasteiger partial charge < -0.3 is 0 Å². The Morgan fingerprint density at radius 3 is 3.00 bits per heavy atom. The lowest BCUT2D eigenvalue weighted by atomic mass is 10.3. The van der Waals surface area contributed by atoms with Crippen LogP contribution in [0.1, 0.15) is 18.5 Å². The second-order valence-corrected chi connectivity index (χ2v) is 4.89. The fraction of sp³-hybridized carbons (Fsp3) is 0.625. The summed E-state index contributed by atoms with van der Waals surface area (Å²) in [5.41, 5.74) is 1.20. The van der Waals surface area contributed by atoms with Crippen molar-refractivity contribution in [2.45, 2.75) is 30.6 Å². The minimum atomic E-state index is 0.0911. The Morgan fingerprint density at radius 1 is 1.75 bits per heavy atom. The zero-order valence-electron chi connectivity index (χ0n) is 7.00. The van der Waals surface area contributed by atoms with Gasteiger partial charge in [-0.15, -0.1) is 11.6 Å². The Balaban J connectivity index is 2.29. The van der Waals surface area contributed by atoms with Gasteiger partial charge in [-0.1, -0.05) is 15.9 Å². The third-order valence-electron chi connectivity index (χ3n) is 1.72. The molecule has 0 aliphatic rings. The van der Waals surface area contributed by atoms with Crippen molar-refractivity contribution in [1.29, 1.82) is 0 Å². The number of halogens is 2. The predicted molar refractivity (Wildman–Crippen MR) is 54.8 cm³/mol. The molecule has 1 rings (SSSR count). The zero-order valence-corrected chi connectivity index (χ0v) is 9.35. The number of nitrogens with zero attached hydrogens (tertiary/aromatic N) is 2. The van der Waals surface area contributed by atoms with E-state index in [0.717, 1.165) is 19.4 Å². The average Bonchev–Trinajstić information content (AvgIpc) is 2.36. The molecule has 0 N–H and O–H groups in total. The van der Waals surface area contributed by atoms with E-state index in [0.29, 0.717) is 0 Å². The molecular weight excluding hydrogens is 239 g/mol. The van der Waals surface area contributed by atoms with Gasteiger partial charge in [-0.3, -0.25) is 4.68 Å². The van der Waals surface area contributed by atoms with Crippen LogP contribution in [0.2, 0.25) is 0 Å². The van der Waals surface area contributed by atoms with Crippen molar-refractivity contribution in [3.63, 3.8) is 0 Å².